The van der Waals surface area contributed by atoms with Crippen molar-refractivity contribution in [2.75, 3.05) is 77.1 Å². The summed E-state index contributed by atoms with van der Waals surface area (Å²) >= 11 is 6.69. The number of phenols is 1. The largest absolute Gasteiger partial charge is 0.506 e. The Hall–Kier alpha value is -2.92. The molecule has 0 spiro atoms. The van der Waals surface area contributed by atoms with Gasteiger partial charge < -0.3 is 29.9 Å². The average molecular weight is 885 g/mol. The maximum Gasteiger partial charge on any atom is 0.409 e. The second kappa shape index (κ2) is 18.6. The smallest absolute Gasteiger partial charge is 0.409 e. The summed E-state index contributed by atoms with van der Waals surface area (Å²) in [6, 6.07) is 12.2. The number of amides is 4. The first kappa shape index (κ1) is 41.2. The van der Waals surface area contributed by atoms with Gasteiger partial charge in [-0.3, -0.25) is 9.69 Å². The SMILES string of the molecule is CCS(=O)(=O)N1CCN(C2CCN(C(=O)[C@H](C)Cc3cc(Br)c(O)c(Br)c3)CC2)CC1.COC(=O)N1CCC(N2CCc3ccccc3NC2=O)CC1. The first-order chi connectivity index (χ1) is 25.3. The Bertz CT molecular complexity index is 1690. The molecule has 4 heterocycles. The molecule has 4 aliphatic heterocycles. The Morgan fingerprint density at radius 1 is 0.906 bits per heavy atom. The highest BCUT2D eigenvalue weighted by Crippen LogP contribution is 2.34. The van der Waals surface area contributed by atoms with Crippen molar-refractivity contribution < 1.29 is 32.6 Å². The summed E-state index contributed by atoms with van der Waals surface area (Å²) in [5.41, 5.74) is 3.07. The number of piperidine rings is 2. The maximum atomic E-state index is 13.0. The van der Waals surface area contributed by atoms with Gasteiger partial charge in [0.15, 0.2) is 0 Å². The van der Waals surface area contributed by atoms with Crippen molar-refractivity contribution in [3.05, 3.63) is 56.5 Å². The Labute approximate surface area is 330 Å². The number of carbonyl (C=O) groups is 3. The summed E-state index contributed by atoms with van der Waals surface area (Å²) in [5, 5.41) is 12.9. The maximum absolute atomic E-state index is 13.0. The van der Waals surface area contributed by atoms with E-state index in [0.717, 1.165) is 69.5 Å². The molecule has 0 saturated carbocycles. The molecule has 0 unspecified atom stereocenters. The van der Waals surface area contributed by atoms with Gasteiger partial charge in [0.1, 0.15) is 5.75 Å². The van der Waals surface area contributed by atoms with E-state index in [0.29, 0.717) is 54.1 Å². The minimum Gasteiger partial charge on any atom is -0.506 e. The lowest BCUT2D eigenvalue weighted by molar-refractivity contribution is -0.136. The Morgan fingerprint density at radius 2 is 1.49 bits per heavy atom. The zero-order valence-corrected chi connectivity index (χ0v) is 34.8. The number of nitrogens with zero attached hydrogens (tertiary/aromatic N) is 5. The highest BCUT2D eigenvalue weighted by Gasteiger charge is 2.34. The van der Waals surface area contributed by atoms with Crippen molar-refractivity contribution in [2.45, 2.75) is 64.5 Å². The molecular formula is C37H52Br2N6O7S. The lowest BCUT2D eigenvalue weighted by atomic mass is 9.97. The third-order valence-electron chi connectivity index (χ3n) is 10.8. The number of aromatic hydroxyl groups is 1. The number of methoxy groups -OCH3 is 1. The van der Waals surface area contributed by atoms with Crippen molar-refractivity contribution in [1.29, 1.82) is 0 Å². The lowest BCUT2D eigenvalue weighted by Gasteiger charge is -2.42. The summed E-state index contributed by atoms with van der Waals surface area (Å²) in [5.74, 6) is 0.349. The van der Waals surface area contributed by atoms with E-state index in [1.54, 1.807) is 16.1 Å². The number of urea groups is 1. The number of benzene rings is 2. The first-order valence-corrected chi connectivity index (χ1v) is 21.7. The van der Waals surface area contributed by atoms with Crippen LogP contribution >= 0.6 is 31.9 Å². The molecule has 2 aromatic carbocycles. The number of piperazine rings is 1. The molecule has 3 saturated heterocycles. The molecule has 0 aromatic heterocycles. The zero-order chi connectivity index (χ0) is 38.3. The van der Waals surface area contributed by atoms with Crippen LogP contribution in [0.1, 0.15) is 50.7 Å². The van der Waals surface area contributed by atoms with Gasteiger partial charge in [-0.05, 0) is 107 Å². The van der Waals surface area contributed by atoms with Gasteiger partial charge in [0.25, 0.3) is 0 Å². The number of anilines is 1. The molecule has 4 amide bonds. The molecule has 16 heteroatoms. The topological polar surface area (TPSA) is 143 Å². The first-order valence-electron chi connectivity index (χ1n) is 18.5. The molecule has 292 valence electrons. The highest BCUT2D eigenvalue weighted by atomic mass is 79.9. The second-order valence-electron chi connectivity index (χ2n) is 14.1. The molecule has 13 nitrogen and oxygen atoms in total. The molecule has 4 aliphatic rings. The van der Waals surface area contributed by atoms with E-state index in [4.69, 9.17) is 4.74 Å². The van der Waals surface area contributed by atoms with Gasteiger partial charge in [-0.15, -0.1) is 0 Å². The Morgan fingerprint density at radius 3 is 2.09 bits per heavy atom. The fourth-order valence-electron chi connectivity index (χ4n) is 7.70. The summed E-state index contributed by atoms with van der Waals surface area (Å²) in [6.45, 7) is 9.75. The number of hydrogen-bond donors (Lipinski definition) is 2. The van der Waals surface area contributed by atoms with Crippen LogP contribution in [0.4, 0.5) is 15.3 Å². The monoisotopic (exact) mass is 882 g/mol. The molecule has 3 fully saturated rings. The molecule has 2 aromatic rings. The van der Waals surface area contributed by atoms with Gasteiger partial charge in [-0.1, -0.05) is 25.1 Å². The number of rotatable bonds is 7. The molecule has 53 heavy (non-hydrogen) atoms. The van der Waals surface area contributed by atoms with Crippen LogP contribution in [0, 0.1) is 5.92 Å². The van der Waals surface area contributed by atoms with Crippen molar-refractivity contribution in [3.8, 4) is 5.75 Å². The van der Waals surface area contributed by atoms with E-state index >= 15 is 0 Å². The van der Waals surface area contributed by atoms with E-state index in [1.807, 2.05) is 47.1 Å². The predicted molar refractivity (Wildman–Crippen MR) is 211 cm³/mol. The molecule has 0 radical (unpaired) electrons. The van der Waals surface area contributed by atoms with Crippen LogP contribution < -0.4 is 5.32 Å². The van der Waals surface area contributed by atoms with Crippen LogP contribution in [0.2, 0.25) is 0 Å². The number of hydrogen-bond acceptors (Lipinski definition) is 8. The molecule has 0 aliphatic carbocycles. The number of carbonyl (C=O) groups excluding carboxylic acids is 3. The summed E-state index contributed by atoms with van der Waals surface area (Å²) in [7, 11) is -1.71. The van der Waals surface area contributed by atoms with Gasteiger partial charge in [-0.2, -0.15) is 4.31 Å². The summed E-state index contributed by atoms with van der Waals surface area (Å²) in [4.78, 5) is 44.9. The van der Waals surface area contributed by atoms with Crippen LogP contribution in [-0.2, 0) is 32.4 Å². The minimum absolute atomic E-state index is 0.0403. The van der Waals surface area contributed by atoms with E-state index in [2.05, 4.69) is 48.1 Å². The second-order valence-corrected chi connectivity index (χ2v) is 18.1. The number of phenolic OH excluding ortho intramolecular Hbond substituents is 1. The van der Waals surface area contributed by atoms with Crippen LogP contribution in [0.25, 0.3) is 0 Å². The molecule has 1 atom stereocenters. The van der Waals surface area contributed by atoms with Crippen molar-refractivity contribution in [3.63, 3.8) is 0 Å². The average Bonchev–Trinajstić information content (AvgIpc) is 3.34. The summed E-state index contributed by atoms with van der Waals surface area (Å²) in [6.07, 6.45) is 4.62. The van der Waals surface area contributed by atoms with Crippen LogP contribution in [0.3, 0.4) is 0 Å². The van der Waals surface area contributed by atoms with E-state index in [9.17, 15) is 27.9 Å². The standard InChI is InChI=1S/C21H31Br2N3O4S.C16H21N3O3/c1-3-31(29,30)26-10-8-24(9-11-26)17-4-6-25(7-5-17)21(28)15(2)12-16-13-18(22)20(27)19(23)14-16;1-22-16(21)18-9-7-13(8-10-18)19-11-6-12-4-2-3-5-14(12)17-15(19)20/h13-15,17,27H,3-12H2,1-2H3;2-5,13H,6-11H2,1H3,(H,17,20)/t15-;/m1./s1. The van der Waals surface area contributed by atoms with E-state index in [1.165, 1.54) is 12.7 Å². The number of halogens is 2. The van der Waals surface area contributed by atoms with Gasteiger partial charge in [-0.25, -0.2) is 18.0 Å². The van der Waals surface area contributed by atoms with Crippen molar-refractivity contribution >= 4 is 65.6 Å². The Balaban J connectivity index is 0.000000216. The predicted octanol–water partition coefficient (Wildman–Crippen LogP) is 5.36. The third-order valence-corrected chi connectivity index (χ3v) is 13.9. The van der Waals surface area contributed by atoms with Gasteiger partial charge in [0.2, 0.25) is 15.9 Å². The van der Waals surface area contributed by atoms with Crippen LogP contribution in [0.15, 0.2) is 45.3 Å². The van der Waals surface area contributed by atoms with Crippen LogP contribution in [-0.4, -0.2) is 139 Å². The summed E-state index contributed by atoms with van der Waals surface area (Å²) < 4.78 is 31.7. The Kier molecular flexibility index (Phi) is 14.5. The fourth-order valence-corrected chi connectivity index (χ4v) is 10.1. The van der Waals surface area contributed by atoms with Gasteiger partial charge in [0, 0.05) is 82.6 Å². The normalized spacial score (nSPS) is 20.1. The fraction of sp³-hybridized carbons (Fsp3) is 0.595. The third kappa shape index (κ3) is 10.4. The van der Waals surface area contributed by atoms with Gasteiger partial charge in [0.05, 0.1) is 21.8 Å². The van der Waals surface area contributed by atoms with E-state index < -0.39 is 10.0 Å². The number of sulfonamides is 1. The van der Waals surface area contributed by atoms with Gasteiger partial charge >= 0.3 is 12.1 Å². The number of para-hydroxylation sites is 1. The van der Waals surface area contributed by atoms with Crippen LogP contribution in [0.5, 0.6) is 5.75 Å². The molecule has 6 rings (SSSR count). The minimum atomic E-state index is -3.10. The highest BCUT2D eigenvalue weighted by molar-refractivity contribution is 9.11. The number of ether oxygens (including phenoxy) is 1. The molecular weight excluding hydrogens is 832 g/mol. The van der Waals surface area contributed by atoms with Crippen molar-refractivity contribution in [1.82, 2.24) is 23.9 Å². The molecule has 2 N–H and O–H groups in total. The zero-order valence-electron chi connectivity index (χ0n) is 30.8. The quantitative estimate of drug-likeness (QED) is 0.379. The number of fused-ring (bicyclic) bond motifs is 1. The number of nitrogens with one attached hydrogen (secondary N) is 1. The van der Waals surface area contributed by atoms with Crippen molar-refractivity contribution in [2.24, 2.45) is 5.92 Å². The number of likely N-dealkylation sites (tertiary alicyclic amines) is 2. The molecule has 0 bridgehead atoms. The lowest BCUT2D eigenvalue weighted by Crippen LogP contribution is -2.55. The van der Waals surface area contributed by atoms with E-state index in [-0.39, 0.29) is 41.5 Å².